The fraction of sp³-hybridized carbons (Fsp3) is 0.385. The molecule has 0 spiro atoms. The van der Waals surface area contributed by atoms with Crippen LogP contribution in [0.1, 0.15) is 18.9 Å². The monoisotopic (exact) mass is 230 g/mol. The van der Waals surface area contributed by atoms with Gasteiger partial charge in [-0.1, -0.05) is 12.1 Å². The van der Waals surface area contributed by atoms with Crippen LogP contribution in [0.5, 0.6) is 5.75 Å². The molecule has 0 aliphatic carbocycles. The van der Waals surface area contributed by atoms with Gasteiger partial charge in [-0.15, -0.1) is 0 Å². The Kier molecular flexibility index (Phi) is 3.29. The number of hydrogen-bond donors (Lipinski definition) is 1. The van der Waals surface area contributed by atoms with Crippen molar-refractivity contribution in [1.82, 2.24) is 0 Å². The van der Waals surface area contributed by atoms with Gasteiger partial charge < -0.3 is 10.1 Å². The van der Waals surface area contributed by atoms with Gasteiger partial charge in [-0.3, -0.25) is 4.79 Å². The van der Waals surface area contributed by atoms with Gasteiger partial charge in [0.2, 0.25) is 5.91 Å². The molecule has 4 nitrogen and oxygen atoms in total. The van der Waals surface area contributed by atoms with Crippen molar-refractivity contribution in [3.63, 3.8) is 0 Å². The number of ether oxygens (including phenoxy) is 1. The average Bonchev–Trinajstić information content (AvgIpc) is 2.32. The lowest BCUT2D eigenvalue weighted by atomic mass is 9.91. The molecule has 1 aromatic rings. The minimum Gasteiger partial charge on any atom is -0.492 e. The molecule has 1 atom stereocenters. The first-order valence-corrected chi connectivity index (χ1v) is 5.68. The van der Waals surface area contributed by atoms with Crippen molar-refractivity contribution in [1.29, 1.82) is 5.26 Å². The van der Waals surface area contributed by atoms with Gasteiger partial charge in [0.05, 0.1) is 24.3 Å². The smallest absolute Gasteiger partial charge is 0.228 e. The van der Waals surface area contributed by atoms with Crippen LogP contribution in [0, 0.1) is 17.2 Å². The lowest BCUT2D eigenvalue weighted by Crippen LogP contribution is -2.30. The van der Waals surface area contributed by atoms with Gasteiger partial charge in [-0.2, -0.15) is 5.26 Å². The standard InChI is InChI=1S/C13H14N2O2/c1-2-17-11-5-3-4-9-8-10(6-7-14)13(16)15-12(9)11/h3-5,10H,2,6,8H2,1H3,(H,15,16). The van der Waals surface area contributed by atoms with E-state index in [0.29, 0.717) is 18.8 Å². The molecule has 0 saturated carbocycles. The Bertz CT molecular complexity index is 477. The Balaban J connectivity index is 2.31. The highest BCUT2D eigenvalue weighted by molar-refractivity contribution is 5.97. The van der Waals surface area contributed by atoms with Crippen molar-refractivity contribution in [2.45, 2.75) is 19.8 Å². The van der Waals surface area contributed by atoms with Gasteiger partial charge in [-0.25, -0.2) is 0 Å². The lowest BCUT2D eigenvalue weighted by molar-refractivity contribution is -0.120. The number of carbonyl (C=O) groups is 1. The maximum Gasteiger partial charge on any atom is 0.228 e. The number of para-hydroxylation sites is 1. The molecule has 1 amide bonds. The van der Waals surface area contributed by atoms with E-state index in [9.17, 15) is 4.79 Å². The van der Waals surface area contributed by atoms with Gasteiger partial charge in [0.15, 0.2) is 0 Å². The summed E-state index contributed by atoms with van der Waals surface area (Å²) in [4.78, 5) is 11.8. The molecule has 0 radical (unpaired) electrons. The number of anilines is 1. The van der Waals surface area contributed by atoms with E-state index in [1.807, 2.05) is 31.2 Å². The summed E-state index contributed by atoms with van der Waals surface area (Å²) in [6.45, 7) is 2.47. The normalized spacial score (nSPS) is 17.9. The van der Waals surface area contributed by atoms with E-state index in [-0.39, 0.29) is 18.2 Å². The molecule has 4 heteroatoms. The maximum absolute atomic E-state index is 11.8. The molecule has 0 aromatic heterocycles. The number of nitriles is 1. The van der Waals surface area contributed by atoms with Crippen LogP contribution in [0.4, 0.5) is 5.69 Å². The zero-order valence-corrected chi connectivity index (χ0v) is 9.69. The highest BCUT2D eigenvalue weighted by atomic mass is 16.5. The Morgan fingerprint density at radius 3 is 3.12 bits per heavy atom. The van der Waals surface area contributed by atoms with E-state index in [0.717, 1.165) is 11.3 Å². The van der Waals surface area contributed by atoms with Crippen LogP contribution in [0.2, 0.25) is 0 Å². The minimum absolute atomic E-state index is 0.0915. The third-order valence-electron chi connectivity index (χ3n) is 2.84. The molecule has 0 saturated heterocycles. The van der Waals surface area contributed by atoms with Crippen molar-refractivity contribution in [3.8, 4) is 11.8 Å². The maximum atomic E-state index is 11.8. The summed E-state index contributed by atoms with van der Waals surface area (Å²) < 4.78 is 5.47. The van der Waals surface area contributed by atoms with Crippen molar-refractivity contribution < 1.29 is 9.53 Å². The third kappa shape index (κ3) is 2.23. The van der Waals surface area contributed by atoms with E-state index >= 15 is 0 Å². The second-order valence-corrected chi connectivity index (χ2v) is 3.98. The van der Waals surface area contributed by atoms with Gasteiger partial charge in [-0.05, 0) is 25.0 Å². The van der Waals surface area contributed by atoms with E-state index in [1.54, 1.807) is 0 Å². The molecule has 1 unspecified atom stereocenters. The number of benzene rings is 1. The third-order valence-corrected chi connectivity index (χ3v) is 2.84. The molecule has 0 fully saturated rings. The van der Waals surface area contributed by atoms with Crippen molar-refractivity contribution in [3.05, 3.63) is 23.8 Å². The summed E-state index contributed by atoms with van der Waals surface area (Å²) in [6, 6.07) is 7.75. The Hall–Kier alpha value is -2.02. The summed E-state index contributed by atoms with van der Waals surface area (Å²) in [5.74, 6) is 0.365. The zero-order valence-electron chi connectivity index (χ0n) is 9.69. The van der Waals surface area contributed by atoms with Gasteiger partial charge in [0.1, 0.15) is 5.75 Å². The molecule has 1 heterocycles. The zero-order chi connectivity index (χ0) is 12.3. The van der Waals surface area contributed by atoms with E-state index in [1.165, 1.54) is 0 Å². The van der Waals surface area contributed by atoms with Crippen molar-refractivity contribution in [2.75, 3.05) is 11.9 Å². The minimum atomic E-state index is -0.246. The van der Waals surface area contributed by atoms with E-state index < -0.39 is 0 Å². The Labute approximate surface area is 100 Å². The van der Waals surface area contributed by atoms with Gasteiger partial charge in [0, 0.05) is 6.42 Å². The van der Waals surface area contributed by atoms with Crippen molar-refractivity contribution >= 4 is 11.6 Å². The number of carbonyl (C=O) groups excluding carboxylic acids is 1. The van der Waals surface area contributed by atoms with Gasteiger partial charge in [0.25, 0.3) is 0 Å². The Morgan fingerprint density at radius 1 is 1.59 bits per heavy atom. The van der Waals surface area contributed by atoms with Crippen LogP contribution in [-0.4, -0.2) is 12.5 Å². The fourth-order valence-corrected chi connectivity index (χ4v) is 2.02. The molecular formula is C13H14N2O2. The predicted octanol–water partition coefficient (Wildman–Crippen LogP) is 2.11. The summed E-state index contributed by atoms with van der Waals surface area (Å²) in [5, 5.41) is 11.5. The number of hydrogen-bond acceptors (Lipinski definition) is 3. The number of nitrogens with zero attached hydrogens (tertiary/aromatic N) is 1. The number of rotatable bonds is 3. The van der Waals surface area contributed by atoms with Crippen LogP contribution in [0.15, 0.2) is 18.2 Å². The van der Waals surface area contributed by atoms with Crippen LogP contribution >= 0.6 is 0 Å². The topological polar surface area (TPSA) is 62.1 Å². The summed E-state index contributed by atoms with van der Waals surface area (Å²) in [7, 11) is 0. The van der Waals surface area contributed by atoms with Crippen LogP contribution in [0.25, 0.3) is 0 Å². The quantitative estimate of drug-likeness (QED) is 0.865. The molecule has 88 valence electrons. The molecule has 1 aliphatic rings. The average molecular weight is 230 g/mol. The van der Waals surface area contributed by atoms with Crippen LogP contribution < -0.4 is 10.1 Å². The first-order valence-electron chi connectivity index (χ1n) is 5.68. The molecular weight excluding hydrogens is 216 g/mol. The highest BCUT2D eigenvalue weighted by Gasteiger charge is 2.27. The van der Waals surface area contributed by atoms with E-state index in [4.69, 9.17) is 10.00 Å². The molecule has 2 rings (SSSR count). The second kappa shape index (κ2) is 4.88. The molecule has 17 heavy (non-hydrogen) atoms. The molecule has 1 aromatic carbocycles. The summed E-state index contributed by atoms with van der Waals surface area (Å²) >= 11 is 0. The van der Waals surface area contributed by atoms with Crippen LogP contribution in [-0.2, 0) is 11.2 Å². The number of nitrogens with one attached hydrogen (secondary N) is 1. The predicted molar refractivity (Wildman–Crippen MR) is 63.7 cm³/mol. The molecule has 1 N–H and O–H groups in total. The van der Waals surface area contributed by atoms with Gasteiger partial charge >= 0.3 is 0 Å². The highest BCUT2D eigenvalue weighted by Crippen LogP contribution is 2.34. The molecule has 1 aliphatic heterocycles. The number of amides is 1. The largest absolute Gasteiger partial charge is 0.492 e. The SMILES string of the molecule is CCOc1cccc2c1NC(=O)C(CC#N)C2. The first-order chi connectivity index (χ1) is 8.26. The van der Waals surface area contributed by atoms with Crippen molar-refractivity contribution in [2.24, 2.45) is 5.92 Å². The summed E-state index contributed by atoms with van der Waals surface area (Å²) in [6.07, 6.45) is 0.861. The Morgan fingerprint density at radius 2 is 2.41 bits per heavy atom. The molecule has 0 bridgehead atoms. The summed E-state index contributed by atoms with van der Waals surface area (Å²) in [5.41, 5.74) is 1.80. The fourth-order valence-electron chi connectivity index (χ4n) is 2.02. The van der Waals surface area contributed by atoms with E-state index in [2.05, 4.69) is 5.32 Å². The number of fused-ring (bicyclic) bond motifs is 1. The lowest BCUT2D eigenvalue weighted by Gasteiger charge is -2.24. The van der Waals surface area contributed by atoms with Crippen LogP contribution in [0.3, 0.4) is 0 Å². The first kappa shape index (κ1) is 11.5. The second-order valence-electron chi connectivity index (χ2n) is 3.98.